The molecule has 28 heavy (non-hydrogen) atoms. The summed E-state index contributed by atoms with van der Waals surface area (Å²) in [5.74, 6) is -0.182. The van der Waals surface area contributed by atoms with E-state index in [2.05, 4.69) is 15.8 Å². The Kier molecular flexibility index (Phi) is 9.23. The summed E-state index contributed by atoms with van der Waals surface area (Å²) in [6.07, 6.45) is 1.91. The van der Waals surface area contributed by atoms with Gasteiger partial charge in [-0.3, -0.25) is 9.59 Å². The normalized spacial score (nSPS) is 10.6. The molecule has 0 heterocycles. The van der Waals surface area contributed by atoms with Gasteiger partial charge in [-0.1, -0.05) is 42.5 Å². The van der Waals surface area contributed by atoms with Crippen molar-refractivity contribution in [3.63, 3.8) is 0 Å². The zero-order valence-corrected chi connectivity index (χ0v) is 15.9. The predicted octanol–water partition coefficient (Wildman–Crippen LogP) is 2.26. The molecule has 2 aromatic carbocycles. The van der Waals surface area contributed by atoms with E-state index in [9.17, 15) is 9.59 Å². The average molecular weight is 383 g/mol. The highest BCUT2D eigenvalue weighted by Gasteiger charge is 2.08. The van der Waals surface area contributed by atoms with Crippen molar-refractivity contribution in [2.45, 2.75) is 19.4 Å². The number of amides is 2. The molecule has 0 saturated carbocycles. The number of hydrogen-bond acceptors (Lipinski definition) is 5. The third kappa shape index (κ3) is 8.01. The molecule has 2 N–H and O–H groups in total. The molecule has 0 saturated heterocycles. The molecule has 0 spiro atoms. The van der Waals surface area contributed by atoms with Crippen molar-refractivity contribution in [3.05, 3.63) is 65.7 Å². The molecule has 2 aromatic rings. The lowest BCUT2D eigenvalue weighted by atomic mass is 10.2. The van der Waals surface area contributed by atoms with Gasteiger partial charge < -0.3 is 14.8 Å². The van der Waals surface area contributed by atoms with Crippen LogP contribution >= 0.6 is 0 Å². The van der Waals surface area contributed by atoms with E-state index >= 15 is 0 Å². The number of benzene rings is 2. The highest BCUT2D eigenvalue weighted by Crippen LogP contribution is 2.17. The Labute approximate surface area is 164 Å². The molecule has 0 radical (unpaired) electrons. The number of hydrogen-bond donors (Lipinski definition) is 2. The lowest BCUT2D eigenvalue weighted by Crippen LogP contribution is -2.30. The summed E-state index contributed by atoms with van der Waals surface area (Å²) in [5, 5.41) is 6.56. The van der Waals surface area contributed by atoms with Crippen LogP contribution in [-0.4, -0.2) is 38.3 Å². The van der Waals surface area contributed by atoms with Crippen LogP contribution in [0, 0.1) is 0 Å². The summed E-state index contributed by atoms with van der Waals surface area (Å²) in [6.45, 7) is 1.46. The smallest absolute Gasteiger partial charge is 0.249 e. The number of nitrogens with one attached hydrogen (secondary N) is 2. The molecular formula is C21H25N3O4. The standard InChI is InChI=1S/C21H25N3O4/c1-27-13-7-12-22-20(25)14-21(26)24-23-15-18-10-5-6-11-19(18)28-16-17-8-3-2-4-9-17/h2-6,8-11,15H,7,12-14,16H2,1H3,(H,22,25)(H,24,26)/b23-15-. The summed E-state index contributed by atoms with van der Waals surface area (Å²) < 4.78 is 10.7. The summed E-state index contributed by atoms with van der Waals surface area (Å²) in [6, 6.07) is 17.2. The molecule has 0 aliphatic rings. The molecule has 0 aliphatic heterocycles. The zero-order valence-electron chi connectivity index (χ0n) is 15.9. The van der Waals surface area contributed by atoms with Crippen molar-refractivity contribution in [2.75, 3.05) is 20.3 Å². The van der Waals surface area contributed by atoms with Gasteiger partial charge in [-0.25, -0.2) is 5.43 Å². The number of carbonyl (C=O) groups is 2. The van der Waals surface area contributed by atoms with Crippen LogP contribution in [0.5, 0.6) is 5.75 Å². The predicted molar refractivity (Wildman–Crippen MR) is 107 cm³/mol. The molecule has 7 nitrogen and oxygen atoms in total. The molecule has 0 fully saturated rings. The third-order valence-corrected chi connectivity index (χ3v) is 3.72. The Morgan fingerprint density at radius 1 is 1.04 bits per heavy atom. The van der Waals surface area contributed by atoms with Crippen molar-refractivity contribution < 1.29 is 19.1 Å². The Hall–Kier alpha value is -3.19. The second-order valence-electron chi connectivity index (χ2n) is 5.98. The summed E-state index contributed by atoms with van der Waals surface area (Å²) in [5.41, 5.74) is 4.13. The van der Waals surface area contributed by atoms with Gasteiger partial charge in [-0.15, -0.1) is 0 Å². The number of carbonyl (C=O) groups excluding carboxylic acids is 2. The first kappa shape index (κ1) is 21.1. The van der Waals surface area contributed by atoms with E-state index in [0.717, 1.165) is 11.1 Å². The fourth-order valence-corrected chi connectivity index (χ4v) is 2.32. The Morgan fingerprint density at radius 2 is 1.79 bits per heavy atom. The van der Waals surface area contributed by atoms with Crippen LogP contribution in [0.15, 0.2) is 59.7 Å². The van der Waals surface area contributed by atoms with Crippen molar-refractivity contribution >= 4 is 18.0 Å². The molecular weight excluding hydrogens is 358 g/mol. The summed E-state index contributed by atoms with van der Waals surface area (Å²) in [4.78, 5) is 23.4. The molecule has 7 heteroatoms. The van der Waals surface area contributed by atoms with E-state index in [0.29, 0.717) is 31.9 Å². The van der Waals surface area contributed by atoms with Gasteiger partial charge in [0.1, 0.15) is 18.8 Å². The molecule has 0 aliphatic carbocycles. The second kappa shape index (κ2) is 12.2. The number of para-hydroxylation sites is 1. The van der Waals surface area contributed by atoms with Crippen LogP contribution < -0.4 is 15.5 Å². The van der Waals surface area contributed by atoms with Gasteiger partial charge in [-0.2, -0.15) is 5.10 Å². The van der Waals surface area contributed by atoms with Crippen LogP contribution in [0.3, 0.4) is 0 Å². The highest BCUT2D eigenvalue weighted by molar-refractivity contribution is 5.97. The summed E-state index contributed by atoms with van der Waals surface area (Å²) in [7, 11) is 1.60. The number of nitrogens with zero attached hydrogens (tertiary/aromatic N) is 1. The van der Waals surface area contributed by atoms with E-state index < -0.39 is 5.91 Å². The van der Waals surface area contributed by atoms with Gasteiger partial charge in [0.25, 0.3) is 0 Å². The van der Waals surface area contributed by atoms with E-state index in [4.69, 9.17) is 9.47 Å². The minimum Gasteiger partial charge on any atom is -0.488 e. The molecule has 148 valence electrons. The minimum absolute atomic E-state index is 0.281. The van der Waals surface area contributed by atoms with E-state index in [1.54, 1.807) is 7.11 Å². The number of methoxy groups -OCH3 is 1. The fourth-order valence-electron chi connectivity index (χ4n) is 2.32. The maximum Gasteiger partial charge on any atom is 0.249 e. The van der Waals surface area contributed by atoms with E-state index in [1.807, 2.05) is 54.6 Å². The summed E-state index contributed by atoms with van der Waals surface area (Å²) >= 11 is 0. The molecule has 0 unspecified atom stereocenters. The van der Waals surface area contributed by atoms with Gasteiger partial charge in [0.2, 0.25) is 11.8 Å². The minimum atomic E-state index is -0.483. The van der Waals surface area contributed by atoms with Crippen LogP contribution in [-0.2, 0) is 20.9 Å². The largest absolute Gasteiger partial charge is 0.488 e. The fraction of sp³-hybridized carbons (Fsp3) is 0.286. The Morgan fingerprint density at radius 3 is 2.57 bits per heavy atom. The first-order chi connectivity index (χ1) is 13.7. The monoisotopic (exact) mass is 383 g/mol. The Balaban J connectivity index is 1.80. The van der Waals surface area contributed by atoms with Crippen molar-refractivity contribution in [3.8, 4) is 5.75 Å². The lowest BCUT2D eigenvalue weighted by Gasteiger charge is -2.09. The maximum atomic E-state index is 11.8. The lowest BCUT2D eigenvalue weighted by molar-refractivity contribution is -0.129. The van der Waals surface area contributed by atoms with Crippen LogP contribution in [0.1, 0.15) is 24.0 Å². The number of hydrazone groups is 1. The van der Waals surface area contributed by atoms with E-state index in [1.165, 1.54) is 6.21 Å². The van der Waals surface area contributed by atoms with Crippen LogP contribution in [0.25, 0.3) is 0 Å². The van der Waals surface area contributed by atoms with Crippen molar-refractivity contribution in [1.82, 2.24) is 10.7 Å². The second-order valence-corrected chi connectivity index (χ2v) is 5.98. The first-order valence-electron chi connectivity index (χ1n) is 9.02. The van der Waals surface area contributed by atoms with Gasteiger partial charge in [0.15, 0.2) is 0 Å². The average Bonchev–Trinajstić information content (AvgIpc) is 2.71. The van der Waals surface area contributed by atoms with Gasteiger partial charge in [0, 0.05) is 25.8 Å². The molecule has 2 amide bonds. The molecule has 2 rings (SSSR count). The SMILES string of the molecule is COCCCNC(=O)CC(=O)N/N=C\c1ccccc1OCc1ccccc1. The van der Waals surface area contributed by atoms with Gasteiger partial charge in [-0.05, 0) is 24.1 Å². The first-order valence-corrected chi connectivity index (χ1v) is 9.02. The third-order valence-electron chi connectivity index (χ3n) is 3.72. The number of ether oxygens (including phenoxy) is 2. The number of rotatable bonds is 11. The molecule has 0 bridgehead atoms. The topological polar surface area (TPSA) is 89.0 Å². The highest BCUT2D eigenvalue weighted by atomic mass is 16.5. The van der Waals surface area contributed by atoms with Gasteiger partial charge in [0.05, 0.1) is 6.21 Å². The Bertz CT molecular complexity index is 778. The van der Waals surface area contributed by atoms with Crippen molar-refractivity contribution in [1.29, 1.82) is 0 Å². The van der Waals surface area contributed by atoms with Crippen LogP contribution in [0.4, 0.5) is 0 Å². The van der Waals surface area contributed by atoms with Crippen molar-refractivity contribution in [2.24, 2.45) is 5.10 Å². The zero-order chi connectivity index (χ0) is 20.0. The van der Waals surface area contributed by atoms with E-state index in [-0.39, 0.29) is 12.3 Å². The van der Waals surface area contributed by atoms with Gasteiger partial charge >= 0.3 is 0 Å². The van der Waals surface area contributed by atoms with Crippen LogP contribution in [0.2, 0.25) is 0 Å². The molecule has 0 atom stereocenters. The maximum absolute atomic E-state index is 11.8. The molecule has 0 aromatic heterocycles. The quantitative estimate of drug-likeness (QED) is 0.270.